The average Bonchev–Trinajstić information content (AvgIpc) is 3.17. The molecule has 4 rings (SSSR count). The van der Waals surface area contributed by atoms with E-state index < -0.39 is 0 Å². The number of nitrogens with zero attached hydrogens (tertiary/aromatic N) is 3. The van der Waals surface area contributed by atoms with E-state index >= 15 is 0 Å². The number of nitrogens with one attached hydrogen (secondary N) is 1. The second-order valence-corrected chi connectivity index (χ2v) is 8.44. The van der Waals surface area contributed by atoms with Crippen LogP contribution in [0, 0.1) is 6.92 Å². The molecule has 0 saturated carbocycles. The first-order chi connectivity index (χ1) is 16.0. The van der Waals surface area contributed by atoms with Gasteiger partial charge in [0.1, 0.15) is 6.61 Å². The van der Waals surface area contributed by atoms with Gasteiger partial charge in [0, 0.05) is 18.1 Å². The van der Waals surface area contributed by atoms with Gasteiger partial charge in [0.05, 0.1) is 12.4 Å². The third-order valence-corrected chi connectivity index (χ3v) is 6.10. The van der Waals surface area contributed by atoms with Crippen molar-refractivity contribution in [3.8, 4) is 11.5 Å². The highest BCUT2D eigenvalue weighted by Gasteiger charge is 2.14. The molecular formula is C25H26N4O3S. The zero-order valence-corrected chi connectivity index (χ0v) is 19.7. The first-order valence-electron chi connectivity index (χ1n) is 10.7. The van der Waals surface area contributed by atoms with Crippen molar-refractivity contribution in [2.24, 2.45) is 7.05 Å². The number of hydrogen-bond donors (Lipinski definition) is 1. The van der Waals surface area contributed by atoms with E-state index in [0.29, 0.717) is 29.1 Å². The summed E-state index contributed by atoms with van der Waals surface area (Å²) in [6.07, 6.45) is 0. The monoisotopic (exact) mass is 462 g/mol. The molecule has 0 bridgehead atoms. The number of thioether (sulfide) groups is 1. The molecule has 170 valence electrons. The summed E-state index contributed by atoms with van der Waals surface area (Å²) in [5.74, 6) is 2.16. The van der Waals surface area contributed by atoms with Crippen molar-refractivity contribution in [1.82, 2.24) is 14.8 Å². The number of hydrogen-bond acceptors (Lipinski definition) is 6. The van der Waals surface area contributed by atoms with E-state index in [2.05, 4.69) is 15.5 Å². The second-order valence-electron chi connectivity index (χ2n) is 7.49. The number of amides is 1. The third-order valence-electron chi connectivity index (χ3n) is 5.08. The minimum atomic E-state index is -0.0989. The third kappa shape index (κ3) is 5.46. The zero-order chi connectivity index (χ0) is 23.2. The standard InChI is InChI=1S/C25H26N4O3S/c1-4-31-22-14-17(2)12-13-21(22)32-15-23-27-28-25(29(23)3)33-16-24(30)26-20-11-7-9-18-8-5-6-10-19(18)20/h5-14H,4,15-16H2,1-3H3,(H,26,30). The lowest BCUT2D eigenvalue weighted by Crippen LogP contribution is -2.14. The van der Waals surface area contributed by atoms with Crippen LogP contribution in [0.25, 0.3) is 10.8 Å². The molecule has 0 atom stereocenters. The Bertz CT molecular complexity index is 1270. The van der Waals surface area contributed by atoms with Gasteiger partial charge in [-0.15, -0.1) is 10.2 Å². The van der Waals surface area contributed by atoms with Crippen molar-refractivity contribution in [2.75, 3.05) is 17.7 Å². The lowest BCUT2D eigenvalue weighted by molar-refractivity contribution is -0.113. The fourth-order valence-corrected chi connectivity index (χ4v) is 4.12. The smallest absolute Gasteiger partial charge is 0.234 e. The van der Waals surface area contributed by atoms with E-state index in [-0.39, 0.29) is 18.3 Å². The number of anilines is 1. The Morgan fingerprint density at radius 1 is 1.03 bits per heavy atom. The van der Waals surface area contributed by atoms with Crippen molar-refractivity contribution in [2.45, 2.75) is 25.6 Å². The molecule has 0 unspecified atom stereocenters. The van der Waals surface area contributed by atoms with Gasteiger partial charge in [-0.1, -0.05) is 54.2 Å². The Labute approximate surface area is 197 Å². The van der Waals surface area contributed by atoms with Gasteiger partial charge in [0.25, 0.3) is 0 Å². The van der Waals surface area contributed by atoms with Gasteiger partial charge in [0.15, 0.2) is 22.5 Å². The molecule has 0 radical (unpaired) electrons. The van der Waals surface area contributed by atoms with Gasteiger partial charge >= 0.3 is 0 Å². The summed E-state index contributed by atoms with van der Waals surface area (Å²) in [5.41, 5.74) is 1.90. The summed E-state index contributed by atoms with van der Waals surface area (Å²) in [6, 6.07) is 19.7. The van der Waals surface area contributed by atoms with Crippen molar-refractivity contribution in [1.29, 1.82) is 0 Å². The summed E-state index contributed by atoms with van der Waals surface area (Å²) >= 11 is 1.33. The van der Waals surface area contributed by atoms with E-state index in [1.54, 1.807) is 0 Å². The summed E-state index contributed by atoms with van der Waals surface area (Å²) in [6.45, 7) is 4.75. The Balaban J connectivity index is 1.36. The number of carbonyl (C=O) groups excluding carboxylic acids is 1. The second kappa shape index (κ2) is 10.4. The molecule has 8 heteroatoms. The Kier molecular flexibility index (Phi) is 7.14. The molecule has 0 aliphatic heterocycles. The maximum Gasteiger partial charge on any atom is 0.234 e. The summed E-state index contributed by atoms with van der Waals surface area (Å²) in [5, 5.41) is 14.2. The SMILES string of the molecule is CCOc1cc(C)ccc1OCc1nnc(SCC(=O)Nc2cccc3ccccc23)n1C. The van der Waals surface area contributed by atoms with Crippen LogP contribution in [0.1, 0.15) is 18.3 Å². The van der Waals surface area contributed by atoms with E-state index in [4.69, 9.17) is 9.47 Å². The van der Waals surface area contributed by atoms with Gasteiger partial charge in [-0.3, -0.25) is 4.79 Å². The highest BCUT2D eigenvalue weighted by atomic mass is 32.2. The average molecular weight is 463 g/mol. The van der Waals surface area contributed by atoms with Gasteiger partial charge < -0.3 is 19.4 Å². The van der Waals surface area contributed by atoms with Crippen molar-refractivity contribution in [3.63, 3.8) is 0 Å². The van der Waals surface area contributed by atoms with Gasteiger partial charge in [-0.05, 0) is 43.0 Å². The number of fused-ring (bicyclic) bond motifs is 1. The molecule has 33 heavy (non-hydrogen) atoms. The fourth-order valence-electron chi connectivity index (χ4n) is 3.39. The van der Waals surface area contributed by atoms with E-state index in [1.165, 1.54) is 11.8 Å². The zero-order valence-electron chi connectivity index (χ0n) is 18.9. The molecular weight excluding hydrogens is 436 g/mol. The molecule has 1 amide bonds. The largest absolute Gasteiger partial charge is 0.490 e. The molecule has 1 heterocycles. The van der Waals surface area contributed by atoms with Crippen LogP contribution in [0.3, 0.4) is 0 Å². The van der Waals surface area contributed by atoms with Crippen molar-refractivity contribution >= 4 is 34.1 Å². The number of ether oxygens (including phenoxy) is 2. The first kappa shape index (κ1) is 22.7. The Morgan fingerprint density at radius 2 is 1.85 bits per heavy atom. The minimum absolute atomic E-state index is 0.0989. The predicted molar refractivity (Wildman–Crippen MR) is 131 cm³/mol. The van der Waals surface area contributed by atoms with E-state index in [1.807, 2.05) is 86.1 Å². The number of aryl methyl sites for hydroxylation is 1. The van der Waals surface area contributed by atoms with Crippen LogP contribution in [-0.2, 0) is 18.4 Å². The van der Waals surface area contributed by atoms with Gasteiger partial charge in [-0.25, -0.2) is 0 Å². The molecule has 0 aliphatic carbocycles. The molecule has 0 spiro atoms. The van der Waals surface area contributed by atoms with Crippen LogP contribution < -0.4 is 14.8 Å². The maximum atomic E-state index is 12.6. The molecule has 4 aromatic rings. The highest BCUT2D eigenvalue weighted by molar-refractivity contribution is 7.99. The van der Waals surface area contributed by atoms with Crippen LogP contribution in [0.15, 0.2) is 65.8 Å². The number of carbonyl (C=O) groups is 1. The van der Waals surface area contributed by atoms with Crippen LogP contribution in [-0.4, -0.2) is 33.0 Å². The van der Waals surface area contributed by atoms with E-state index in [9.17, 15) is 4.79 Å². The molecule has 0 aliphatic rings. The van der Waals surface area contributed by atoms with Gasteiger partial charge in [-0.2, -0.15) is 0 Å². The topological polar surface area (TPSA) is 78.3 Å². The Hall–Kier alpha value is -3.52. The van der Waals surface area contributed by atoms with Gasteiger partial charge in [0.2, 0.25) is 5.91 Å². The van der Waals surface area contributed by atoms with Crippen molar-refractivity contribution < 1.29 is 14.3 Å². The highest BCUT2D eigenvalue weighted by Crippen LogP contribution is 2.29. The molecule has 7 nitrogen and oxygen atoms in total. The lowest BCUT2D eigenvalue weighted by Gasteiger charge is -2.12. The number of benzene rings is 3. The van der Waals surface area contributed by atoms with Crippen LogP contribution in [0.2, 0.25) is 0 Å². The Morgan fingerprint density at radius 3 is 2.70 bits per heavy atom. The summed E-state index contributed by atoms with van der Waals surface area (Å²) in [7, 11) is 1.86. The molecule has 1 aromatic heterocycles. The summed E-state index contributed by atoms with van der Waals surface area (Å²) < 4.78 is 13.4. The maximum absolute atomic E-state index is 12.6. The van der Waals surface area contributed by atoms with Crippen LogP contribution in [0.5, 0.6) is 11.5 Å². The van der Waals surface area contributed by atoms with Crippen LogP contribution >= 0.6 is 11.8 Å². The van der Waals surface area contributed by atoms with Crippen molar-refractivity contribution in [3.05, 3.63) is 72.1 Å². The normalized spacial score (nSPS) is 10.9. The predicted octanol–water partition coefficient (Wildman–Crippen LogP) is 4.99. The lowest BCUT2D eigenvalue weighted by atomic mass is 10.1. The molecule has 0 saturated heterocycles. The molecule has 1 N–H and O–H groups in total. The molecule has 3 aromatic carbocycles. The first-order valence-corrected chi connectivity index (χ1v) is 11.7. The fraction of sp³-hybridized carbons (Fsp3) is 0.240. The summed E-state index contributed by atoms with van der Waals surface area (Å²) in [4.78, 5) is 12.6. The number of aromatic nitrogens is 3. The van der Waals surface area contributed by atoms with Crippen LogP contribution in [0.4, 0.5) is 5.69 Å². The molecule has 0 fully saturated rings. The minimum Gasteiger partial charge on any atom is -0.490 e. The number of rotatable bonds is 9. The quantitative estimate of drug-likeness (QED) is 0.353. The van der Waals surface area contributed by atoms with E-state index in [0.717, 1.165) is 22.0 Å².